The summed E-state index contributed by atoms with van der Waals surface area (Å²) in [7, 11) is 3.06. The van der Waals surface area contributed by atoms with Gasteiger partial charge >= 0.3 is 0 Å². The minimum Gasteiger partial charge on any atom is -0.550 e. The molecule has 1 aromatic rings. The normalized spacial score (nSPS) is 28.4. The number of methoxy groups -OCH3 is 2. The number of carbonyl (C=O) groups is 2. The van der Waals surface area contributed by atoms with E-state index >= 15 is 0 Å². The predicted octanol–water partition coefficient (Wildman–Crippen LogP) is 1.05. The molecule has 0 heterocycles. The Morgan fingerprint density at radius 2 is 1.74 bits per heavy atom. The molecule has 23 heavy (non-hydrogen) atoms. The van der Waals surface area contributed by atoms with Crippen molar-refractivity contribution in [2.24, 2.45) is 23.7 Å². The number of ether oxygens (including phenoxy) is 2. The highest BCUT2D eigenvalue weighted by Crippen LogP contribution is 2.52. The third-order valence-corrected chi connectivity index (χ3v) is 5.14. The highest BCUT2D eigenvalue weighted by Gasteiger charge is 2.51. The topological polar surface area (TPSA) is 87.7 Å². The van der Waals surface area contributed by atoms with Gasteiger partial charge in [0.15, 0.2) is 11.5 Å². The van der Waals surface area contributed by atoms with Crippen molar-refractivity contribution in [3.8, 4) is 11.5 Å². The second kappa shape index (κ2) is 6.10. The monoisotopic (exact) mass is 318 g/mol. The Bertz CT molecular complexity index is 629. The molecule has 0 unspecified atom stereocenters. The van der Waals surface area contributed by atoms with Crippen LogP contribution in [0, 0.1) is 23.7 Å². The van der Waals surface area contributed by atoms with Crippen LogP contribution in [0.2, 0.25) is 0 Å². The maximum Gasteiger partial charge on any atom is 0.228 e. The SMILES string of the molecule is COc1ccc(NC(=O)[C@H]2[C@H]3CC[C@@H](C3)[C@@H]2C(=O)[O-])cc1OC. The van der Waals surface area contributed by atoms with E-state index in [2.05, 4.69) is 5.32 Å². The van der Waals surface area contributed by atoms with Crippen molar-refractivity contribution >= 4 is 17.6 Å². The van der Waals surface area contributed by atoms with E-state index in [0.717, 1.165) is 19.3 Å². The molecule has 124 valence electrons. The highest BCUT2D eigenvalue weighted by molar-refractivity contribution is 5.96. The van der Waals surface area contributed by atoms with Gasteiger partial charge in [0.2, 0.25) is 5.91 Å². The van der Waals surface area contributed by atoms with Gasteiger partial charge in [-0.2, -0.15) is 0 Å². The van der Waals surface area contributed by atoms with Gasteiger partial charge < -0.3 is 24.7 Å². The van der Waals surface area contributed by atoms with Crippen LogP contribution < -0.4 is 19.9 Å². The third kappa shape index (κ3) is 2.73. The predicted molar refractivity (Wildman–Crippen MR) is 81.0 cm³/mol. The van der Waals surface area contributed by atoms with Gasteiger partial charge in [0, 0.05) is 29.6 Å². The second-order valence-corrected chi connectivity index (χ2v) is 6.26. The molecule has 1 aromatic carbocycles. The Balaban J connectivity index is 1.78. The fraction of sp³-hybridized carbons (Fsp3) is 0.529. The summed E-state index contributed by atoms with van der Waals surface area (Å²) in [4.78, 5) is 24.0. The Morgan fingerprint density at radius 1 is 1.09 bits per heavy atom. The molecule has 6 nitrogen and oxygen atoms in total. The minimum atomic E-state index is -1.11. The zero-order valence-corrected chi connectivity index (χ0v) is 13.2. The van der Waals surface area contributed by atoms with Crippen molar-refractivity contribution in [2.75, 3.05) is 19.5 Å². The number of fused-ring (bicyclic) bond motifs is 2. The summed E-state index contributed by atoms with van der Waals surface area (Å²) in [5, 5.41) is 14.2. The van der Waals surface area contributed by atoms with Crippen LogP contribution in [0.15, 0.2) is 18.2 Å². The molecule has 3 rings (SSSR count). The van der Waals surface area contributed by atoms with E-state index in [9.17, 15) is 14.7 Å². The molecule has 6 heteroatoms. The first-order chi connectivity index (χ1) is 11.0. The number of hydrogen-bond donors (Lipinski definition) is 1. The Hall–Kier alpha value is -2.24. The number of carboxylic acid groups (broad SMARTS) is 1. The average Bonchev–Trinajstić information content (AvgIpc) is 3.15. The first-order valence-electron chi connectivity index (χ1n) is 7.79. The molecule has 1 amide bonds. The first-order valence-corrected chi connectivity index (χ1v) is 7.79. The zero-order chi connectivity index (χ0) is 16.6. The number of benzene rings is 1. The molecule has 0 radical (unpaired) electrons. The van der Waals surface area contributed by atoms with E-state index < -0.39 is 17.8 Å². The molecule has 0 spiro atoms. The van der Waals surface area contributed by atoms with Crippen molar-refractivity contribution in [1.29, 1.82) is 0 Å². The smallest absolute Gasteiger partial charge is 0.228 e. The van der Waals surface area contributed by atoms with E-state index in [0.29, 0.717) is 17.2 Å². The van der Waals surface area contributed by atoms with Crippen LogP contribution in [0.25, 0.3) is 0 Å². The van der Waals surface area contributed by atoms with E-state index in [1.165, 1.54) is 14.2 Å². The number of anilines is 1. The maximum absolute atomic E-state index is 12.6. The van der Waals surface area contributed by atoms with Gasteiger partial charge in [0.1, 0.15) is 0 Å². The minimum absolute atomic E-state index is 0.0751. The lowest BCUT2D eigenvalue weighted by atomic mass is 9.78. The van der Waals surface area contributed by atoms with Gasteiger partial charge in [-0.1, -0.05) is 0 Å². The van der Waals surface area contributed by atoms with Crippen LogP contribution in [-0.4, -0.2) is 26.1 Å². The van der Waals surface area contributed by atoms with Crippen LogP contribution in [0.1, 0.15) is 19.3 Å². The Kier molecular flexibility index (Phi) is 4.15. The van der Waals surface area contributed by atoms with Gasteiger partial charge in [-0.05, 0) is 43.2 Å². The molecule has 0 aromatic heterocycles. The summed E-state index contributed by atoms with van der Waals surface area (Å²) >= 11 is 0. The second-order valence-electron chi connectivity index (χ2n) is 6.26. The first kappa shape index (κ1) is 15.6. The van der Waals surface area contributed by atoms with Crippen LogP contribution in [-0.2, 0) is 9.59 Å². The van der Waals surface area contributed by atoms with Gasteiger partial charge in [0.05, 0.1) is 14.2 Å². The highest BCUT2D eigenvalue weighted by atomic mass is 16.5. The summed E-state index contributed by atoms with van der Waals surface area (Å²) in [5.74, 6) is -1.24. The molecule has 0 aliphatic heterocycles. The van der Waals surface area contributed by atoms with Crippen LogP contribution in [0.5, 0.6) is 11.5 Å². The Morgan fingerprint density at radius 3 is 2.35 bits per heavy atom. The lowest BCUT2D eigenvalue weighted by molar-refractivity contribution is -0.314. The molecule has 2 aliphatic carbocycles. The molecule has 4 atom stereocenters. The lowest BCUT2D eigenvalue weighted by Crippen LogP contribution is -2.43. The van der Waals surface area contributed by atoms with Crippen molar-refractivity contribution in [3.05, 3.63) is 18.2 Å². The summed E-state index contributed by atoms with van der Waals surface area (Å²) < 4.78 is 10.4. The van der Waals surface area contributed by atoms with Gasteiger partial charge in [0.25, 0.3) is 0 Å². The molecule has 0 saturated heterocycles. The number of rotatable bonds is 5. The summed E-state index contributed by atoms with van der Waals surface area (Å²) in [6.45, 7) is 0. The summed E-state index contributed by atoms with van der Waals surface area (Å²) in [6, 6.07) is 5.07. The number of carbonyl (C=O) groups excluding carboxylic acids is 2. The Labute approximate surface area is 134 Å². The van der Waals surface area contributed by atoms with E-state index in [4.69, 9.17) is 9.47 Å². The zero-order valence-electron chi connectivity index (χ0n) is 13.2. The third-order valence-electron chi connectivity index (χ3n) is 5.14. The van der Waals surface area contributed by atoms with Crippen molar-refractivity contribution in [3.63, 3.8) is 0 Å². The fourth-order valence-corrected chi connectivity index (χ4v) is 4.15. The largest absolute Gasteiger partial charge is 0.550 e. The molecular weight excluding hydrogens is 298 g/mol. The maximum atomic E-state index is 12.6. The summed E-state index contributed by atoms with van der Waals surface area (Å²) in [5.41, 5.74) is 0.563. The van der Waals surface area contributed by atoms with Gasteiger partial charge in [-0.25, -0.2) is 0 Å². The standard InChI is InChI=1S/C17H21NO5/c1-22-12-6-5-11(8-13(12)23-2)18-16(19)14-9-3-4-10(7-9)15(14)17(20)21/h5-6,8-10,14-15H,3-4,7H2,1-2H3,(H,18,19)(H,20,21)/p-1/t9-,10-,14-,15-/m0/s1. The number of amides is 1. The molecule has 1 N–H and O–H groups in total. The average molecular weight is 318 g/mol. The van der Waals surface area contributed by atoms with Gasteiger partial charge in [-0.15, -0.1) is 0 Å². The van der Waals surface area contributed by atoms with E-state index in [1.54, 1.807) is 18.2 Å². The van der Waals surface area contributed by atoms with Crippen LogP contribution in [0.4, 0.5) is 5.69 Å². The van der Waals surface area contributed by atoms with Crippen molar-refractivity contribution in [1.82, 2.24) is 0 Å². The van der Waals surface area contributed by atoms with Crippen molar-refractivity contribution < 1.29 is 24.2 Å². The van der Waals surface area contributed by atoms with Crippen molar-refractivity contribution in [2.45, 2.75) is 19.3 Å². The molecule has 2 bridgehead atoms. The quantitative estimate of drug-likeness (QED) is 0.877. The van der Waals surface area contributed by atoms with E-state index in [-0.39, 0.29) is 17.7 Å². The number of hydrogen-bond acceptors (Lipinski definition) is 5. The molecule has 2 aliphatic rings. The molecule has 2 saturated carbocycles. The number of carboxylic acids is 1. The van der Waals surface area contributed by atoms with Crippen LogP contribution in [0.3, 0.4) is 0 Å². The van der Waals surface area contributed by atoms with Gasteiger partial charge in [-0.3, -0.25) is 4.79 Å². The molecular formula is C17H20NO5-. The van der Waals surface area contributed by atoms with E-state index in [1.807, 2.05) is 0 Å². The number of aliphatic carboxylic acids is 1. The van der Waals surface area contributed by atoms with Crippen LogP contribution >= 0.6 is 0 Å². The number of nitrogens with one attached hydrogen (secondary N) is 1. The molecule has 2 fully saturated rings. The summed E-state index contributed by atoms with van der Waals surface area (Å²) in [6.07, 6.45) is 2.60. The lowest BCUT2D eigenvalue weighted by Gasteiger charge is -2.30. The fourth-order valence-electron chi connectivity index (χ4n) is 4.15.